The number of hydrogen-bond donors (Lipinski definition) is 1. The number of aryl methyl sites for hydroxylation is 2. The van der Waals surface area contributed by atoms with Gasteiger partial charge < -0.3 is 14.9 Å². The molecule has 0 radical (unpaired) electrons. The van der Waals surface area contributed by atoms with E-state index < -0.39 is 0 Å². The molecule has 0 aliphatic rings. The Hall–Kier alpha value is -1.74. The number of ether oxygens (including phenoxy) is 1. The van der Waals surface area contributed by atoms with Gasteiger partial charge in [-0.05, 0) is 43.5 Å². The summed E-state index contributed by atoms with van der Waals surface area (Å²) in [4.78, 5) is 0. The molecule has 0 unspecified atom stereocenters. The van der Waals surface area contributed by atoms with Gasteiger partial charge in [-0.2, -0.15) is 0 Å². The Bertz CT molecular complexity index is 543. The summed E-state index contributed by atoms with van der Waals surface area (Å²) >= 11 is 0. The first-order valence-corrected chi connectivity index (χ1v) is 6.08. The monoisotopic (exact) mass is 245 g/mol. The molecular weight excluding hydrogens is 226 g/mol. The molecule has 1 aromatic heterocycles. The molecule has 0 bridgehead atoms. The Labute approximate surface area is 108 Å². The maximum Gasteiger partial charge on any atom is 0.125 e. The van der Waals surface area contributed by atoms with Crippen LogP contribution in [0.1, 0.15) is 28.0 Å². The van der Waals surface area contributed by atoms with Crippen LogP contribution in [0.25, 0.3) is 0 Å². The van der Waals surface area contributed by atoms with E-state index in [-0.39, 0.29) is 0 Å². The fraction of sp³-hybridized carbons (Fsp3) is 0.333. The first-order chi connectivity index (χ1) is 8.63. The third kappa shape index (κ3) is 2.41. The van der Waals surface area contributed by atoms with Crippen LogP contribution in [0, 0.1) is 20.8 Å². The molecule has 2 rings (SSSR count). The van der Waals surface area contributed by atoms with Gasteiger partial charge in [0.1, 0.15) is 18.1 Å². The van der Waals surface area contributed by atoms with Crippen molar-refractivity contribution in [3.05, 3.63) is 52.5 Å². The van der Waals surface area contributed by atoms with Gasteiger partial charge in [0.25, 0.3) is 0 Å². The zero-order valence-corrected chi connectivity index (χ0v) is 11.1. The highest BCUT2D eigenvalue weighted by atomic mass is 16.5. The predicted octanol–water partition coefficient (Wildman–Crippen LogP) is 3.24. The lowest BCUT2D eigenvalue weighted by Crippen LogP contribution is -2.03. The first-order valence-electron chi connectivity index (χ1n) is 6.08. The average molecular weight is 245 g/mol. The van der Waals surface area contributed by atoms with Crippen molar-refractivity contribution in [2.75, 3.05) is 0 Å². The second-order valence-electron chi connectivity index (χ2n) is 4.52. The van der Waals surface area contributed by atoms with Crippen LogP contribution in [-0.2, 0) is 13.2 Å². The fourth-order valence-electron chi connectivity index (χ4n) is 1.97. The minimum Gasteiger partial charge on any atom is -0.488 e. The molecule has 3 nitrogen and oxygen atoms in total. The SMILES string of the molecule is Cc1ccc(C)c(OCc2ccoc2CN)c1C. The Morgan fingerprint density at radius 2 is 1.83 bits per heavy atom. The van der Waals surface area contributed by atoms with Gasteiger partial charge >= 0.3 is 0 Å². The third-order valence-corrected chi connectivity index (χ3v) is 3.27. The van der Waals surface area contributed by atoms with Crippen LogP contribution in [-0.4, -0.2) is 0 Å². The molecule has 2 aromatic rings. The van der Waals surface area contributed by atoms with Gasteiger partial charge in [0, 0.05) is 5.56 Å². The van der Waals surface area contributed by atoms with Gasteiger partial charge in [-0.25, -0.2) is 0 Å². The average Bonchev–Trinajstić information content (AvgIpc) is 2.81. The number of nitrogens with two attached hydrogens (primary N) is 1. The predicted molar refractivity (Wildman–Crippen MR) is 71.6 cm³/mol. The molecule has 1 aromatic carbocycles. The zero-order valence-electron chi connectivity index (χ0n) is 11.1. The maximum absolute atomic E-state index is 5.92. The van der Waals surface area contributed by atoms with Gasteiger partial charge in [-0.3, -0.25) is 0 Å². The molecule has 18 heavy (non-hydrogen) atoms. The molecule has 0 amide bonds. The van der Waals surface area contributed by atoms with Crippen molar-refractivity contribution in [3.63, 3.8) is 0 Å². The van der Waals surface area contributed by atoms with Crippen molar-refractivity contribution in [2.24, 2.45) is 5.73 Å². The van der Waals surface area contributed by atoms with E-state index in [1.807, 2.05) is 6.07 Å². The summed E-state index contributed by atoms with van der Waals surface area (Å²) in [6.07, 6.45) is 1.65. The second-order valence-corrected chi connectivity index (χ2v) is 4.52. The molecular formula is C15H19NO2. The van der Waals surface area contributed by atoms with Crippen LogP contribution in [0.2, 0.25) is 0 Å². The lowest BCUT2D eigenvalue weighted by atomic mass is 10.1. The van der Waals surface area contributed by atoms with Crippen LogP contribution >= 0.6 is 0 Å². The molecule has 0 saturated heterocycles. The highest BCUT2D eigenvalue weighted by Gasteiger charge is 2.09. The highest BCUT2D eigenvalue weighted by Crippen LogP contribution is 2.27. The molecule has 0 atom stereocenters. The quantitative estimate of drug-likeness (QED) is 0.899. The number of hydrogen-bond acceptors (Lipinski definition) is 3. The van der Waals surface area contributed by atoms with E-state index in [9.17, 15) is 0 Å². The molecule has 96 valence electrons. The Balaban J connectivity index is 2.18. The number of furan rings is 1. The summed E-state index contributed by atoms with van der Waals surface area (Å²) in [5, 5.41) is 0. The minimum atomic E-state index is 0.400. The van der Waals surface area contributed by atoms with Crippen molar-refractivity contribution in [1.82, 2.24) is 0 Å². The summed E-state index contributed by atoms with van der Waals surface area (Å²) < 4.78 is 11.2. The van der Waals surface area contributed by atoms with Crippen LogP contribution in [0.15, 0.2) is 28.9 Å². The van der Waals surface area contributed by atoms with Crippen LogP contribution < -0.4 is 10.5 Å². The Kier molecular flexibility index (Phi) is 3.72. The zero-order chi connectivity index (χ0) is 13.1. The van der Waals surface area contributed by atoms with Crippen LogP contribution in [0.4, 0.5) is 0 Å². The van der Waals surface area contributed by atoms with Crippen LogP contribution in [0.5, 0.6) is 5.75 Å². The molecule has 0 saturated carbocycles. The maximum atomic E-state index is 5.92. The van der Waals surface area contributed by atoms with E-state index in [2.05, 4.69) is 32.9 Å². The van der Waals surface area contributed by atoms with E-state index in [1.54, 1.807) is 6.26 Å². The Morgan fingerprint density at radius 1 is 1.11 bits per heavy atom. The number of rotatable bonds is 4. The Morgan fingerprint density at radius 3 is 2.56 bits per heavy atom. The van der Waals surface area contributed by atoms with Crippen LogP contribution in [0.3, 0.4) is 0 Å². The topological polar surface area (TPSA) is 48.4 Å². The van der Waals surface area contributed by atoms with Gasteiger partial charge in [-0.1, -0.05) is 12.1 Å². The van der Waals surface area contributed by atoms with Crippen molar-refractivity contribution in [2.45, 2.75) is 33.9 Å². The lowest BCUT2D eigenvalue weighted by molar-refractivity contribution is 0.298. The second kappa shape index (κ2) is 5.27. The van der Waals surface area contributed by atoms with E-state index in [0.29, 0.717) is 13.2 Å². The normalized spacial score (nSPS) is 10.7. The van der Waals surface area contributed by atoms with Gasteiger partial charge in [0.2, 0.25) is 0 Å². The van der Waals surface area contributed by atoms with E-state index in [1.165, 1.54) is 11.1 Å². The summed E-state index contributed by atoms with van der Waals surface area (Å²) in [6, 6.07) is 6.10. The van der Waals surface area contributed by atoms with Crippen molar-refractivity contribution in [3.8, 4) is 5.75 Å². The van der Waals surface area contributed by atoms with Gasteiger partial charge in [0.15, 0.2) is 0 Å². The smallest absolute Gasteiger partial charge is 0.125 e. The van der Waals surface area contributed by atoms with Crippen molar-refractivity contribution in [1.29, 1.82) is 0 Å². The van der Waals surface area contributed by atoms with Crippen molar-refractivity contribution < 1.29 is 9.15 Å². The first kappa shape index (κ1) is 12.7. The lowest BCUT2D eigenvalue weighted by Gasteiger charge is -2.13. The highest BCUT2D eigenvalue weighted by molar-refractivity contribution is 5.44. The summed E-state index contributed by atoms with van der Waals surface area (Å²) in [6.45, 7) is 7.12. The standard InChI is InChI=1S/C15H19NO2/c1-10-4-5-11(2)15(12(10)3)18-9-13-6-7-17-14(13)8-16/h4-7H,8-9,16H2,1-3H3. The molecule has 0 spiro atoms. The van der Waals surface area contributed by atoms with Crippen molar-refractivity contribution >= 4 is 0 Å². The largest absolute Gasteiger partial charge is 0.488 e. The van der Waals surface area contributed by atoms with E-state index in [0.717, 1.165) is 22.6 Å². The summed E-state index contributed by atoms with van der Waals surface area (Å²) in [5.41, 5.74) is 10.2. The minimum absolute atomic E-state index is 0.400. The molecule has 0 fully saturated rings. The van der Waals surface area contributed by atoms with E-state index >= 15 is 0 Å². The molecule has 2 N–H and O–H groups in total. The third-order valence-electron chi connectivity index (χ3n) is 3.27. The molecule has 0 aliphatic heterocycles. The number of benzene rings is 1. The van der Waals surface area contributed by atoms with Gasteiger partial charge in [0.05, 0.1) is 12.8 Å². The summed E-state index contributed by atoms with van der Waals surface area (Å²) in [7, 11) is 0. The van der Waals surface area contributed by atoms with Gasteiger partial charge in [-0.15, -0.1) is 0 Å². The fourth-order valence-corrected chi connectivity index (χ4v) is 1.97. The van der Waals surface area contributed by atoms with E-state index in [4.69, 9.17) is 14.9 Å². The molecule has 3 heteroatoms. The molecule has 1 heterocycles. The summed E-state index contributed by atoms with van der Waals surface area (Å²) in [5.74, 6) is 1.75. The molecule has 0 aliphatic carbocycles.